The summed E-state index contributed by atoms with van der Waals surface area (Å²) in [5, 5.41) is -7.15. The summed E-state index contributed by atoms with van der Waals surface area (Å²) in [6.07, 6.45) is 0. The first-order valence-corrected chi connectivity index (χ1v) is 21.0. The van der Waals surface area contributed by atoms with Crippen LogP contribution in [0.2, 0.25) is 0 Å². The molecule has 0 bridgehead atoms. The highest BCUT2D eigenvalue weighted by atomic mass is 36.1. The zero-order valence-corrected chi connectivity index (χ0v) is 23.1. The highest BCUT2D eigenvalue weighted by molar-refractivity contribution is 8.29. The van der Waals surface area contributed by atoms with Crippen LogP contribution in [-0.2, 0) is 19.8 Å². The second kappa shape index (κ2) is 9.19. The summed E-state index contributed by atoms with van der Waals surface area (Å²) < 4.78 is 48.1. The van der Waals surface area contributed by atoms with Gasteiger partial charge in [0.15, 0.2) is 19.8 Å². The molecular weight excluding hydrogens is 616 g/mol. The second-order valence-corrected chi connectivity index (χ2v) is 26.3. The Morgan fingerprint density at radius 3 is 1.50 bits per heavy atom. The van der Waals surface area contributed by atoms with Crippen molar-refractivity contribution in [2.45, 2.75) is 9.79 Å². The number of halogens is 6. The van der Waals surface area contributed by atoms with Crippen LogP contribution in [0, 0.1) is 0 Å². The smallest absolute Gasteiger partial charge is 0.220 e. The van der Waals surface area contributed by atoms with Gasteiger partial charge < -0.3 is 0 Å². The summed E-state index contributed by atoms with van der Waals surface area (Å²) in [5.41, 5.74) is 0. The summed E-state index contributed by atoms with van der Waals surface area (Å²) in [5.74, 6) is 0. The fourth-order valence-corrected chi connectivity index (χ4v) is 18.5. The quantitative estimate of drug-likeness (QED) is 0.316. The fraction of sp³-hybridized carbons (Fsp3) is 0. The number of benzene rings is 2. The molecule has 30 heavy (non-hydrogen) atoms. The Bertz CT molecular complexity index is 1290. The van der Waals surface area contributed by atoms with Crippen LogP contribution >= 0.6 is 85.2 Å². The highest BCUT2D eigenvalue weighted by Crippen LogP contribution is 2.80. The molecule has 2 atom stereocenters. The van der Waals surface area contributed by atoms with Crippen molar-refractivity contribution in [3.05, 3.63) is 60.7 Å². The first-order valence-electron chi connectivity index (χ1n) is 7.51. The van der Waals surface area contributed by atoms with Gasteiger partial charge in [-0.2, -0.15) is 9.03 Å². The third-order valence-electron chi connectivity index (χ3n) is 3.19. The highest BCUT2D eigenvalue weighted by Gasteiger charge is 2.36. The summed E-state index contributed by atoms with van der Waals surface area (Å²) in [4.78, 5) is 0.285. The van der Waals surface area contributed by atoms with Crippen molar-refractivity contribution in [2.75, 3.05) is 0 Å². The molecule has 0 saturated carbocycles. The van der Waals surface area contributed by atoms with Gasteiger partial charge in [0, 0.05) is 0 Å². The summed E-state index contributed by atoms with van der Waals surface area (Å²) >= 11 is 35.7. The van der Waals surface area contributed by atoms with Crippen LogP contribution in [0.15, 0.2) is 91.5 Å². The molecule has 0 aliphatic carbocycles. The van der Waals surface area contributed by atoms with Crippen molar-refractivity contribution < 1.29 is 8.42 Å². The summed E-state index contributed by atoms with van der Waals surface area (Å²) in [6.45, 7) is 0. The molecule has 3 rings (SSSR count). The fourth-order valence-electron chi connectivity index (χ4n) is 2.21. The van der Waals surface area contributed by atoms with E-state index >= 15 is 0 Å². The molecule has 0 unspecified atom stereocenters. The average Bonchev–Trinajstić information content (AvgIpc) is 2.59. The lowest BCUT2D eigenvalue weighted by atomic mass is 10.4. The maximum Gasteiger partial charge on any atom is 0.327 e. The van der Waals surface area contributed by atoms with E-state index in [1.165, 1.54) is 24.3 Å². The van der Waals surface area contributed by atoms with Crippen LogP contribution in [0.25, 0.3) is 0 Å². The van der Waals surface area contributed by atoms with Crippen molar-refractivity contribution >= 4 is 105 Å². The van der Waals surface area contributed by atoms with Crippen LogP contribution in [-0.4, -0.2) is 8.42 Å². The Balaban J connectivity index is 2.59. The van der Waals surface area contributed by atoms with Gasteiger partial charge in [-0.3, -0.25) is 0 Å². The molecule has 1 aliphatic rings. The predicted octanol–water partition coefficient (Wildman–Crippen LogP) is 10.2. The molecule has 18 heteroatoms. The maximum atomic E-state index is 13.9. The lowest BCUT2D eigenvalue weighted by molar-refractivity contribution is 0.672. The minimum atomic E-state index is -4.04. The molecule has 0 N–H and O–H groups in total. The molecular formula is C12H10Cl6N5O2P3S2. The molecule has 164 valence electrons. The van der Waals surface area contributed by atoms with Gasteiger partial charge in [0.25, 0.3) is 0 Å². The Morgan fingerprint density at radius 2 is 1.10 bits per heavy atom. The van der Waals surface area contributed by atoms with E-state index in [9.17, 15) is 8.42 Å². The normalized spacial score (nSPS) is 25.9. The Kier molecular flexibility index (Phi) is 7.78. The SMILES string of the molecule is O=[S@@]1(c2ccccc2)=NP(N=P(Cl)(Cl)Cl)(N=P(Cl)(Cl)Cl)=N[S@@](=O)(c2ccccc2)=N1. The molecule has 0 fully saturated rings. The number of hydrogen-bond donors (Lipinski definition) is 0. The van der Waals surface area contributed by atoms with Gasteiger partial charge in [-0.15, -0.1) is 8.28 Å². The zero-order valence-electron chi connectivity index (χ0n) is 14.3. The Labute approximate surface area is 203 Å². The van der Waals surface area contributed by atoms with Crippen molar-refractivity contribution in [3.63, 3.8) is 0 Å². The topological polar surface area (TPSA) is 95.9 Å². The van der Waals surface area contributed by atoms with E-state index < -0.39 is 37.6 Å². The summed E-state index contributed by atoms with van der Waals surface area (Å²) in [7, 11) is -11.5. The van der Waals surface area contributed by atoms with Crippen molar-refractivity contribution in [2.24, 2.45) is 21.1 Å². The molecule has 0 saturated heterocycles. The van der Waals surface area contributed by atoms with Crippen molar-refractivity contribution in [3.8, 4) is 0 Å². The lowest BCUT2D eigenvalue weighted by Gasteiger charge is -2.21. The van der Waals surface area contributed by atoms with E-state index in [2.05, 4.69) is 21.1 Å². The average molecular weight is 626 g/mol. The van der Waals surface area contributed by atoms with E-state index in [0.29, 0.717) is 0 Å². The maximum absolute atomic E-state index is 13.9. The number of rotatable bonds is 4. The molecule has 7 nitrogen and oxygen atoms in total. The van der Waals surface area contributed by atoms with Crippen LogP contribution in [0.4, 0.5) is 0 Å². The largest absolute Gasteiger partial charge is 0.327 e. The van der Waals surface area contributed by atoms with E-state index in [4.69, 9.17) is 67.4 Å². The van der Waals surface area contributed by atoms with Gasteiger partial charge >= 0.3 is 7.51 Å². The van der Waals surface area contributed by atoms with E-state index in [1.807, 2.05) is 0 Å². The van der Waals surface area contributed by atoms with Gasteiger partial charge in [-0.25, -0.2) is 8.42 Å². The molecule has 0 aromatic heterocycles. The van der Waals surface area contributed by atoms with E-state index in [-0.39, 0.29) is 9.79 Å². The second-order valence-electron chi connectivity index (χ2n) is 5.41. The number of nitrogens with zero attached hydrogens (tertiary/aromatic N) is 5. The van der Waals surface area contributed by atoms with Crippen molar-refractivity contribution in [1.82, 2.24) is 0 Å². The monoisotopic (exact) mass is 623 g/mol. The molecule has 1 aliphatic heterocycles. The number of hydrogen-bond acceptors (Lipinski definition) is 5. The van der Waals surface area contributed by atoms with Gasteiger partial charge in [0.2, 0.25) is 10.2 Å². The standard InChI is InChI=1S/C12H10Cl6N5O2P3S2/c13-26(14,15)19-28(20-27(16,17)18)21-29(24,11-7-3-1-4-8-11)23-30(25,22-28)12-9-5-2-6-10-12/h1-10H/t29-,30-/m0/s1. The zero-order chi connectivity index (χ0) is 22.3. The first-order chi connectivity index (χ1) is 13.7. The van der Waals surface area contributed by atoms with Gasteiger partial charge in [-0.05, 0) is 91.7 Å². The Morgan fingerprint density at radius 1 is 0.700 bits per heavy atom. The summed E-state index contributed by atoms with van der Waals surface area (Å²) in [6, 6.07) is 15.8. The van der Waals surface area contributed by atoms with Crippen LogP contribution < -0.4 is 0 Å². The Hall–Kier alpha value is 0.770. The van der Waals surface area contributed by atoms with Crippen LogP contribution in [0.1, 0.15) is 0 Å². The minimum Gasteiger partial charge on any atom is -0.220 e. The predicted molar refractivity (Wildman–Crippen MR) is 134 cm³/mol. The van der Waals surface area contributed by atoms with Gasteiger partial charge in [0.1, 0.15) is 0 Å². The first kappa shape index (κ1) is 25.4. The van der Waals surface area contributed by atoms with Crippen molar-refractivity contribution in [1.29, 1.82) is 0 Å². The van der Waals surface area contributed by atoms with E-state index in [1.54, 1.807) is 36.4 Å². The van der Waals surface area contributed by atoms with Gasteiger partial charge in [-0.1, -0.05) is 40.2 Å². The molecule has 0 spiro atoms. The molecule has 0 radical (unpaired) electrons. The third-order valence-corrected chi connectivity index (χ3v) is 17.3. The minimum absolute atomic E-state index is 0.142. The lowest BCUT2D eigenvalue weighted by Crippen LogP contribution is -2.07. The van der Waals surface area contributed by atoms with E-state index in [0.717, 1.165) is 0 Å². The molecule has 1 heterocycles. The van der Waals surface area contributed by atoms with Gasteiger partial charge in [0.05, 0.1) is 9.79 Å². The molecule has 2 aromatic rings. The third kappa shape index (κ3) is 6.42. The van der Waals surface area contributed by atoms with Crippen LogP contribution in [0.5, 0.6) is 0 Å². The molecule has 0 amide bonds. The van der Waals surface area contributed by atoms with Crippen LogP contribution in [0.3, 0.4) is 0 Å². The molecule has 2 aromatic carbocycles.